The molecule has 0 aliphatic carbocycles. The highest BCUT2D eigenvalue weighted by atomic mass is 19.1. The molecule has 1 atom stereocenters. The average Bonchev–Trinajstić information content (AvgIpc) is 3.23. The van der Waals surface area contributed by atoms with Crippen LogP contribution in [0.3, 0.4) is 0 Å². The smallest absolute Gasteiger partial charge is 0.281 e. The number of anilines is 1. The van der Waals surface area contributed by atoms with Crippen molar-refractivity contribution < 1.29 is 13.9 Å². The summed E-state index contributed by atoms with van der Waals surface area (Å²) in [4.78, 5) is 36.7. The summed E-state index contributed by atoms with van der Waals surface area (Å²) in [6.07, 6.45) is 4.72. The lowest BCUT2D eigenvalue weighted by molar-refractivity contribution is -0.121. The molecule has 0 spiro atoms. The fourth-order valence-electron chi connectivity index (χ4n) is 3.60. The Labute approximate surface area is 181 Å². The van der Waals surface area contributed by atoms with Gasteiger partial charge in [-0.1, -0.05) is 12.1 Å². The zero-order chi connectivity index (χ0) is 22.1. The van der Waals surface area contributed by atoms with Gasteiger partial charge in [-0.15, -0.1) is 0 Å². The van der Waals surface area contributed by atoms with Gasteiger partial charge >= 0.3 is 0 Å². The second kappa shape index (κ2) is 8.14. The van der Waals surface area contributed by atoms with Gasteiger partial charge in [-0.2, -0.15) is 0 Å². The van der Waals surface area contributed by atoms with Gasteiger partial charge in [0, 0.05) is 29.0 Å². The molecule has 32 heavy (non-hydrogen) atoms. The largest absolute Gasteiger partial charge is 0.473 e. The summed E-state index contributed by atoms with van der Waals surface area (Å²) in [6, 6.07) is 9.38. The van der Waals surface area contributed by atoms with E-state index in [1.165, 1.54) is 23.0 Å². The van der Waals surface area contributed by atoms with Crippen molar-refractivity contribution in [3.8, 4) is 5.88 Å². The molecule has 9 nitrogen and oxygen atoms in total. The van der Waals surface area contributed by atoms with Crippen LogP contribution >= 0.6 is 0 Å². The van der Waals surface area contributed by atoms with Crippen LogP contribution in [0.1, 0.15) is 17.3 Å². The average molecular weight is 434 g/mol. The number of H-pyrrole nitrogens is 1. The van der Waals surface area contributed by atoms with Crippen LogP contribution in [0.25, 0.3) is 10.9 Å². The van der Waals surface area contributed by atoms with Gasteiger partial charge in [0.1, 0.15) is 25.3 Å². The molecule has 3 N–H and O–H groups in total. The standard InChI is InChI=1S/C22H19FN6O3/c23-15-3-1-13(2-4-15)18-11-32-21-20(28-18)22(31)29(12-26-21)10-19(30)25-9-16-7-14-8-24-6-5-17(14)27-16/h1-8,12,18,27-28H,9-11H2,(H,25,30)/t18-/m0/s1. The van der Waals surface area contributed by atoms with Gasteiger partial charge in [0.25, 0.3) is 5.56 Å². The van der Waals surface area contributed by atoms with E-state index in [0.717, 1.165) is 22.2 Å². The highest BCUT2D eigenvalue weighted by Crippen LogP contribution is 2.29. The van der Waals surface area contributed by atoms with Crippen LogP contribution in [0.4, 0.5) is 10.1 Å². The van der Waals surface area contributed by atoms with Crippen molar-refractivity contribution in [2.45, 2.75) is 19.1 Å². The summed E-state index contributed by atoms with van der Waals surface area (Å²) < 4.78 is 20.0. The normalized spacial score (nSPS) is 15.0. The number of ether oxygens (including phenoxy) is 1. The number of halogens is 1. The molecule has 5 rings (SSSR count). The van der Waals surface area contributed by atoms with Gasteiger partial charge in [-0.3, -0.25) is 19.1 Å². The molecule has 0 saturated carbocycles. The number of hydrogen-bond donors (Lipinski definition) is 3. The molecule has 1 aromatic carbocycles. The maximum atomic E-state index is 13.2. The SMILES string of the molecule is O=C(Cn1cnc2c(c1=O)N[C@H](c1ccc(F)cc1)CO2)NCc1cc2cnccc2[nH]1. The van der Waals surface area contributed by atoms with E-state index in [4.69, 9.17) is 4.74 Å². The Bertz CT molecular complexity index is 1320. The summed E-state index contributed by atoms with van der Waals surface area (Å²) in [6.45, 7) is 0.341. The molecule has 1 aliphatic rings. The maximum Gasteiger partial charge on any atom is 0.281 e. The molecule has 162 valence electrons. The first-order chi connectivity index (χ1) is 15.6. The van der Waals surface area contributed by atoms with Gasteiger partial charge in [0.05, 0.1) is 12.6 Å². The number of benzene rings is 1. The molecule has 10 heteroatoms. The predicted octanol–water partition coefficient (Wildman–Crippen LogP) is 2.12. The summed E-state index contributed by atoms with van der Waals surface area (Å²) in [7, 11) is 0. The molecule has 4 aromatic rings. The molecule has 1 amide bonds. The van der Waals surface area contributed by atoms with Crippen molar-refractivity contribution >= 4 is 22.5 Å². The molecule has 0 radical (unpaired) electrons. The number of pyridine rings is 1. The molecular weight excluding hydrogens is 415 g/mol. The van der Waals surface area contributed by atoms with Gasteiger partial charge < -0.3 is 20.4 Å². The minimum absolute atomic E-state index is 0.170. The highest BCUT2D eigenvalue weighted by Gasteiger charge is 2.25. The first kappa shape index (κ1) is 19.7. The van der Waals surface area contributed by atoms with Crippen LogP contribution < -0.4 is 20.9 Å². The van der Waals surface area contributed by atoms with Gasteiger partial charge in [0.2, 0.25) is 11.8 Å². The highest BCUT2D eigenvalue weighted by molar-refractivity contribution is 5.80. The van der Waals surface area contributed by atoms with Crippen molar-refractivity contribution in [1.82, 2.24) is 24.8 Å². The predicted molar refractivity (Wildman–Crippen MR) is 115 cm³/mol. The number of nitrogens with zero attached hydrogens (tertiary/aromatic N) is 3. The molecule has 0 bridgehead atoms. The molecule has 4 heterocycles. The first-order valence-corrected chi connectivity index (χ1v) is 9.99. The van der Waals surface area contributed by atoms with Crippen LogP contribution in [0.15, 0.2) is 59.9 Å². The number of nitrogens with one attached hydrogen (secondary N) is 3. The minimum atomic E-state index is -0.423. The second-order valence-electron chi connectivity index (χ2n) is 7.45. The van der Waals surface area contributed by atoms with Crippen LogP contribution in [-0.2, 0) is 17.9 Å². The lowest BCUT2D eigenvalue weighted by Gasteiger charge is -2.26. The Morgan fingerprint density at radius 1 is 1.28 bits per heavy atom. The van der Waals surface area contributed by atoms with Crippen LogP contribution in [0, 0.1) is 5.82 Å². The van der Waals surface area contributed by atoms with E-state index in [2.05, 4.69) is 25.6 Å². The van der Waals surface area contributed by atoms with E-state index < -0.39 is 5.56 Å². The summed E-state index contributed by atoms with van der Waals surface area (Å²) in [5.74, 6) is -0.501. The minimum Gasteiger partial charge on any atom is -0.473 e. The van der Waals surface area contributed by atoms with E-state index in [0.29, 0.717) is 0 Å². The molecule has 0 saturated heterocycles. The Morgan fingerprint density at radius 2 is 2.12 bits per heavy atom. The number of fused-ring (bicyclic) bond motifs is 2. The molecule has 0 fully saturated rings. The quantitative estimate of drug-likeness (QED) is 0.443. The number of aromatic amines is 1. The molecule has 1 aliphatic heterocycles. The zero-order valence-electron chi connectivity index (χ0n) is 16.8. The Hall–Kier alpha value is -4.21. The zero-order valence-corrected chi connectivity index (χ0v) is 16.8. The molecular formula is C22H19FN6O3. The van der Waals surface area contributed by atoms with E-state index in [9.17, 15) is 14.0 Å². The number of aromatic nitrogens is 4. The third-order valence-electron chi connectivity index (χ3n) is 5.25. The Morgan fingerprint density at radius 3 is 2.94 bits per heavy atom. The summed E-state index contributed by atoms with van der Waals surface area (Å²) in [5.41, 5.74) is 2.28. The fraction of sp³-hybridized carbons (Fsp3) is 0.182. The maximum absolute atomic E-state index is 13.2. The van der Waals surface area contributed by atoms with E-state index in [1.807, 2.05) is 12.1 Å². The summed E-state index contributed by atoms with van der Waals surface area (Å²) in [5, 5.41) is 6.84. The number of rotatable bonds is 5. The molecule has 3 aromatic heterocycles. The third-order valence-corrected chi connectivity index (χ3v) is 5.25. The van der Waals surface area contributed by atoms with E-state index >= 15 is 0 Å². The van der Waals surface area contributed by atoms with Crippen molar-refractivity contribution in [2.75, 3.05) is 11.9 Å². The number of hydrogen-bond acceptors (Lipinski definition) is 6. The van der Waals surface area contributed by atoms with E-state index in [-0.39, 0.29) is 49.0 Å². The third kappa shape index (κ3) is 3.89. The van der Waals surface area contributed by atoms with Crippen LogP contribution in [0.2, 0.25) is 0 Å². The van der Waals surface area contributed by atoms with Crippen molar-refractivity contribution in [1.29, 1.82) is 0 Å². The van der Waals surface area contributed by atoms with Crippen molar-refractivity contribution in [3.05, 3.63) is 82.5 Å². The number of amides is 1. The second-order valence-corrected chi connectivity index (χ2v) is 7.45. The lowest BCUT2D eigenvalue weighted by Crippen LogP contribution is -2.36. The van der Waals surface area contributed by atoms with Crippen molar-refractivity contribution in [2.24, 2.45) is 0 Å². The van der Waals surface area contributed by atoms with E-state index in [1.54, 1.807) is 24.5 Å². The van der Waals surface area contributed by atoms with Crippen LogP contribution in [0.5, 0.6) is 5.88 Å². The number of carbonyl (C=O) groups is 1. The topological polar surface area (TPSA) is 114 Å². The monoisotopic (exact) mass is 434 g/mol. The van der Waals surface area contributed by atoms with Gasteiger partial charge in [-0.25, -0.2) is 9.37 Å². The Kier molecular flexibility index (Phi) is 5.02. The Balaban J connectivity index is 1.27. The fourth-order valence-corrected chi connectivity index (χ4v) is 3.60. The first-order valence-electron chi connectivity index (χ1n) is 9.99. The number of carbonyl (C=O) groups excluding carboxylic acids is 1. The van der Waals surface area contributed by atoms with Crippen LogP contribution in [-0.4, -0.2) is 32.0 Å². The van der Waals surface area contributed by atoms with Crippen molar-refractivity contribution in [3.63, 3.8) is 0 Å². The van der Waals surface area contributed by atoms with Gasteiger partial charge in [-0.05, 0) is 29.8 Å². The summed E-state index contributed by atoms with van der Waals surface area (Å²) >= 11 is 0. The van der Waals surface area contributed by atoms with Gasteiger partial charge in [0.15, 0.2) is 5.69 Å². The molecule has 0 unspecified atom stereocenters. The lowest BCUT2D eigenvalue weighted by atomic mass is 10.1.